The lowest BCUT2D eigenvalue weighted by molar-refractivity contribution is 0.258. The fourth-order valence-corrected chi connectivity index (χ4v) is 4.54. The van der Waals surface area contributed by atoms with Crippen molar-refractivity contribution in [2.75, 3.05) is 34.3 Å². The van der Waals surface area contributed by atoms with Gasteiger partial charge in [-0.25, -0.2) is 0 Å². The molecule has 4 heteroatoms. The van der Waals surface area contributed by atoms with Crippen LogP contribution in [0.3, 0.4) is 0 Å². The molecule has 1 fully saturated rings. The maximum Gasteiger partial charge on any atom is 0.120 e. The van der Waals surface area contributed by atoms with Crippen LogP contribution < -0.4 is 4.74 Å². The molecule has 1 aliphatic rings. The molecule has 0 aliphatic carbocycles. The van der Waals surface area contributed by atoms with Crippen LogP contribution in [-0.2, 0) is 6.54 Å². The first-order valence-corrected chi connectivity index (χ1v) is 10.1. The second kappa shape index (κ2) is 7.61. The zero-order valence-corrected chi connectivity index (χ0v) is 17.6. The van der Waals surface area contributed by atoms with E-state index in [1.54, 1.807) is 7.11 Å². The SMILES string of the molecule is COc1ccc2c(C)c(CN3CC(c4ccc(C)cc4)C(N(C)C)C3)[nH]c2c1. The van der Waals surface area contributed by atoms with Gasteiger partial charge in [-0.05, 0) is 51.2 Å². The molecule has 28 heavy (non-hydrogen) atoms. The number of nitrogens with one attached hydrogen (secondary N) is 1. The Hall–Kier alpha value is -2.30. The Morgan fingerprint density at radius 3 is 2.50 bits per heavy atom. The van der Waals surface area contributed by atoms with Gasteiger partial charge in [0, 0.05) is 54.3 Å². The van der Waals surface area contributed by atoms with E-state index in [4.69, 9.17) is 4.74 Å². The minimum atomic E-state index is 0.535. The molecule has 0 spiro atoms. The molecule has 1 saturated heterocycles. The first-order valence-electron chi connectivity index (χ1n) is 10.1. The molecule has 0 bridgehead atoms. The lowest BCUT2D eigenvalue weighted by Crippen LogP contribution is -2.34. The van der Waals surface area contributed by atoms with Crippen molar-refractivity contribution in [3.63, 3.8) is 0 Å². The van der Waals surface area contributed by atoms with Crippen LogP contribution in [0.25, 0.3) is 10.9 Å². The van der Waals surface area contributed by atoms with Gasteiger partial charge in [-0.3, -0.25) is 4.90 Å². The topological polar surface area (TPSA) is 31.5 Å². The molecule has 4 nitrogen and oxygen atoms in total. The Morgan fingerprint density at radius 1 is 1.07 bits per heavy atom. The number of methoxy groups -OCH3 is 1. The second-order valence-electron chi connectivity index (χ2n) is 8.38. The van der Waals surface area contributed by atoms with E-state index >= 15 is 0 Å². The molecule has 0 saturated carbocycles. The number of aromatic amines is 1. The number of likely N-dealkylation sites (tertiary alicyclic amines) is 1. The quantitative estimate of drug-likeness (QED) is 0.718. The number of hydrogen-bond donors (Lipinski definition) is 1. The molecule has 1 N–H and O–H groups in total. The summed E-state index contributed by atoms with van der Waals surface area (Å²) >= 11 is 0. The minimum Gasteiger partial charge on any atom is -0.497 e. The number of ether oxygens (including phenoxy) is 1. The first-order chi connectivity index (χ1) is 13.5. The predicted octanol–water partition coefficient (Wildman–Crippen LogP) is 4.32. The zero-order chi connectivity index (χ0) is 19.8. The van der Waals surface area contributed by atoms with E-state index in [0.717, 1.165) is 30.9 Å². The average Bonchev–Trinajstić information content (AvgIpc) is 3.24. The van der Waals surface area contributed by atoms with Crippen LogP contribution in [0.2, 0.25) is 0 Å². The molecule has 4 rings (SSSR count). The van der Waals surface area contributed by atoms with Crippen molar-refractivity contribution in [1.29, 1.82) is 0 Å². The van der Waals surface area contributed by atoms with Crippen LogP contribution in [0.4, 0.5) is 0 Å². The summed E-state index contributed by atoms with van der Waals surface area (Å²) in [6.07, 6.45) is 0. The van der Waals surface area contributed by atoms with Crippen LogP contribution in [0.15, 0.2) is 42.5 Å². The summed E-state index contributed by atoms with van der Waals surface area (Å²) < 4.78 is 5.38. The number of fused-ring (bicyclic) bond motifs is 1. The van der Waals surface area contributed by atoms with Crippen LogP contribution in [0.5, 0.6) is 5.75 Å². The molecular formula is C24H31N3O. The molecule has 3 aromatic rings. The number of H-pyrrole nitrogens is 1. The number of aryl methyl sites for hydroxylation is 2. The molecule has 1 aliphatic heterocycles. The third-order valence-electron chi connectivity index (χ3n) is 6.28. The molecular weight excluding hydrogens is 346 g/mol. The summed E-state index contributed by atoms with van der Waals surface area (Å²) in [4.78, 5) is 8.61. The molecule has 0 radical (unpaired) electrons. The molecule has 2 atom stereocenters. The number of likely N-dealkylation sites (N-methyl/N-ethyl adjacent to an activating group) is 1. The zero-order valence-electron chi connectivity index (χ0n) is 17.6. The number of hydrogen-bond acceptors (Lipinski definition) is 3. The monoisotopic (exact) mass is 377 g/mol. The van der Waals surface area contributed by atoms with E-state index < -0.39 is 0 Å². The lowest BCUT2D eigenvalue weighted by atomic mass is 9.93. The van der Waals surface area contributed by atoms with Crippen molar-refractivity contribution in [1.82, 2.24) is 14.8 Å². The maximum atomic E-state index is 5.38. The highest BCUT2D eigenvalue weighted by atomic mass is 16.5. The van der Waals surface area contributed by atoms with E-state index in [-0.39, 0.29) is 0 Å². The van der Waals surface area contributed by atoms with Crippen molar-refractivity contribution in [2.45, 2.75) is 32.4 Å². The second-order valence-corrected chi connectivity index (χ2v) is 8.38. The standard InChI is InChI=1S/C24H31N3O/c1-16-6-8-18(9-7-16)21-13-27(15-24(21)26(3)4)14-23-17(2)20-11-10-19(28-5)12-22(20)25-23/h6-12,21,24-25H,13-15H2,1-5H3. The van der Waals surface area contributed by atoms with Crippen LogP contribution in [0, 0.1) is 13.8 Å². The van der Waals surface area contributed by atoms with Crippen molar-refractivity contribution in [2.24, 2.45) is 0 Å². The van der Waals surface area contributed by atoms with Crippen molar-refractivity contribution in [3.8, 4) is 5.75 Å². The summed E-state index contributed by atoms with van der Waals surface area (Å²) in [5.74, 6) is 1.44. The summed E-state index contributed by atoms with van der Waals surface area (Å²) in [7, 11) is 6.13. The highest BCUT2D eigenvalue weighted by Gasteiger charge is 2.35. The molecule has 1 aromatic heterocycles. The van der Waals surface area contributed by atoms with Crippen LogP contribution in [-0.4, -0.2) is 55.1 Å². The number of rotatable bonds is 5. The third kappa shape index (κ3) is 3.54. The van der Waals surface area contributed by atoms with E-state index in [2.05, 4.69) is 79.1 Å². The predicted molar refractivity (Wildman–Crippen MR) is 116 cm³/mol. The van der Waals surface area contributed by atoms with Gasteiger partial charge in [0.15, 0.2) is 0 Å². The van der Waals surface area contributed by atoms with Gasteiger partial charge in [0.1, 0.15) is 5.75 Å². The van der Waals surface area contributed by atoms with E-state index in [1.807, 2.05) is 6.07 Å². The summed E-state index contributed by atoms with van der Waals surface area (Å²) in [5.41, 5.74) is 6.59. The highest BCUT2D eigenvalue weighted by molar-refractivity contribution is 5.85. The van der Waals surface area contributed by atoms with Gasteiger partial charge < -0.3 is 14.6 Å². The fourth-order valence-electron chi connectivity index (χ4n) is 4.54. The first kappa shape index (κ1) is 19.0. The minimum absolute atomic E-state index is 0.535. The van der Waals surface area contributed by atoms with Gasteiger partial charge >= 0.3 is 0 Å². The van der Waals surface area contributed by atoms with Gasteiger partial charge in [-0.2, -0.15) is 0 Å². The summed E-state index contributed by atoms with van der Waals surface area (Å²) in [6, 6.07) is 15.9. The molecule has 0 amide bonds. The molecule has 148 valence electrons. The molecule has 2 heterocycles. The van der Waals surface area contributed by atoms with Gasteiger partial charge in [0.05, 0.1) is 7.11 Å². The fraction of sp³-hybridized carbons (Fsp3) is 0.417. The number of benzene rings is 2. The lowest BCUT2D eigenvalue weighted by Gasteiger charge is -2.25. The number of aromatic nitrogens is 1. The van der Waals surface area contributed by atoms with E-state index in [1.165, 1.54) is 27.8 Å². The van der Waals surface area contributed by atoms with Gasteiger partial charge in [-0.1, -0.05) is 29.8 Å². The normalized spacial score (nSPS) is 20.4. The Bertz CT molecular complexity index is 958. The molecule has 2 unspecified atom stereocenters. The smallest absolute Gasteiger partial charge is 0.120 e. The average molecular weight is 378 g/mol. The van der Waals surface area contributed by atoms with Crippen LogP contribution >= 0.6 is 0 Å². The van der Waals surface area contributed by atoms with Gasteiger partial charge in [-0.15, -0.1) is 0 Å². The third-order valence-corrected chi connectivity index (χ3v) is 6.28. The Morgan fingerprint density at radius 2 is 1.82 bits per heavy atom. The van der Waals surface area contributed by atoms with Crippen molar-refractivity contribution >= 4 is 10.9 Å². The van der Waals surface area contributed by atoms with E-state index in [9.17, 15) is 0 Å². The summed E-state index contributed by atoms with van der Waals surface area (Å²) in [5, 5.41) is 1.29. The van der Waals surface area contributed by atoms with Crippen molar-refractivity contribution < 1.29 is 4.74 Å². The molecule has 2 aromatic carbocycles. The Balaban J connectivity index is 1.57. The van der Waals surface area contributed by atoms with Crippen molar-refractivity contribution in [3.05, 3.63) is 64.8 Å². The van der Waals surface area contributed by atoms with Gasteiger partial charge in [0.25, 0.3) is 0 Å². The Kier molecular flexibility index (Phi) is 5.17. The number of nitrogens with zero attached hydrogens (tertiary/aromatic N) is 2. The summed E-state index contributed by atoms with van der Waals surface area (Å²) in [6.45, 7) is 7.50. The van der Waals surface area contributed by atoms with Gasteiger partial charge in [0.2, 0.25) is 0 Å². The largest absolute Gasteiger partial charge is 0.497 e. The maximum absolute atomic E-state index is 5.38. The Labute approximate surface area is 168 Å². The highest BCUT2D eigenvalue weighted by Crippen LogP contribution is 2.33. The van der Waals surface area contributed by atoms with E-state index in [0.29, 0.717) is 12.0 Å². The van der Waals surface area contributed by atoms with Crippen LogP contribution in [0.1, 0.15) is 28.3 Å².